The van der Waals surface area contributed by atoms with Gasteiger partial charge in [0.05, 0.1) is 0 Å². The second-order valence-electron chi connectivity index (χ2n) is 4.79. The van der Waals surface area contributed by atoms with Gasteiger partial charge in [-0.05, 0) is 44.4 Å². The van der Waals surface area contributed by atoms with Crippen LogP contribution in [0.3, 0.4) is 0 Å². The van der Waals surface area contributed by atoms with Gasteiger partial charge in [-0.15, -0.1) is 0 Å². The van der Waals surface area contributed by atoms with Crippen molar-refractivity contribution in [2.45, 2.75) is 39.3 Å². The number of aliphatic hydroxyl groups is 1. The van der Waals surface area contributed by atoms with Gasteiger partial charge < -0.3 is 10.4 Å². The van der Waals surface area contributed by atoms with Gasteiger partial charge in [-0.25, -0.2) is 0 Å². The summed E-state index contributed by atoms with van der Waals surface area (Å²) in [5.41, 5.74) is 2.22. The molecule has 0 aliphatic rings. The van der Waals surface area contributed by atoms with Gasteiger partial charge in [-0.3, -0.25) is 0 Å². The zero-order valence-electron chi connectivity index (χ0n) is 10.2. The predicted molar refractivity (Wildman–Crippen MR) is 68.8 cm³/mol. The van der Waals surface area contributed by atoms with E-state index in [1.54, 1.807) is 0 Å². The molecule has 0 atom stereocenters. The molecular weight excluding hydrogens is 222 g/mol. The quantitative estimate of drug-likeness (QED) is 0.831. The van der Waals surface area contributed by atoms with Gasteiger partial charge >= 0.3 is 0 Å². The number of benzene rings is 1. The lowest BCUT2D eigenvalue weighted by atomic mass is 10.0. The van der Waals surface area contributed by atoms with Crippen LogP contribution in [0.1, 0.15) is 31.4 Å². The largest absolute Gasteiger partial charge is 0.396 e. The third-order valence-corrected chi connectivity index (χ3v) is 3.15. The standard InChI is InChI=1S/C13H20ClNO/c1-10-4-5-11(8-12(10)14)9-15-13(2,3)6-7-16/h4-5,8,15-16H,6-7,9H2,1-3H3. The minimum atomic E-state index is -0.0495. The molecule has 0 saturated heterocycles. The molecule has 1 rings (SSSR count). The first-order valence-electron chi connectivity index (χ1n) is 5.55. The molecular formula is C13H20ClNO. The van der Waals surface area contributed by atoms with Crippen molar-refractivity contribution in [2.75, 3.05) is 6.61 Å². The van der Waals surface area contributed by atoms with Crippen LogP contribution in [0.2, 0.25) is 5.02 Å². The van der Waals surface area contributed by atoms with Gasteiger partial charge in [0, 0.05) is 23.7 Å². The van der Waals surface area contributed by atoms with Crippen LogP contribution in [-0.2, 0) is 6.54 Å². The average molecular weight is 242 g/mol. The highest BCUT2D eigenvalue weighted by Crippen LogP contribution is 2.17. The molecule has 0 aliphatic carbocycles. The Balaban J connectivity index is 2.57. The summed E-state index contributed by atoms with van der Waals surface area (Å²) in [5.74, 6) is 0. The Hall–Kier alpha value is -0.570. The fraction of sp³-hybridized carbons (Fsp3) is 0.538. The molecule has 0 saturated carbocycles. The normalized spacial score (nSPS) is 11.8. The highest BCUT2D eigenvalue weighted by molar-refractivity contribution is 6.31. The van der Waals surface area contributed by atoms with Crippen molar-refractivity contribution < 1.29 is 5.11 Å². The van der Waals surface area contributed by atoms with E-state index in [4.69, 9.17) is 16.7 Å². The van der Waals surface area contributed by atoms with Crippen LogP contribution < -0.4 is 5.32 Å². The van der Waals surface area contributed by atoms with E-state index in [1.165, 1.54) is 5.56 Å². The molecule has 2 nitrogen and oxygen atoms in total. The number of aliphatic hydroxyl groups excluding tert-OH is 1. The van der Waals surface area contributed by atoms with Crippen molar-refractivity contribution in [1.29, 1.82) is 0 Å². The van der Waals surface area contributed by atoms with Gasteiger partial charge in [-0.2, -0.15) is 0 Å². The van der Waals surface area contributed by atoms with Crippen LogP contribution in [0.4, 0.5) is 0 Å². The summed E-state index contributed by atoms with van der Waals surface area (Å²) in [7, 11) is 0. The van der Waals surface area contributed by atoms with Gasteiger partial charge in [-0.1, -0.05) is 23.7 Å². The summed E-state index contributed by atoms with van der Waals surface area (Å²) < 4.78 is 0. The van der Waals surface area contributed by atoms with Crippen molar-refractivity contribution in [3.05, 3.63) is 34.3 Å². The summed E-state index contributed by atoms with van der Waals surface area (Å²) in [6.07, 6.45) is 0.743. The van der Waals surface area contributed by atoms with Gasteiger partial charge in [0.25, 0.3) is 0 Å². The molecule has 0 spiro atoms. The zero-order valence-corrected chi connectivity index (χ0v) is 10.9. The summed E-state index contributed by atoms with van der Waals surface area (Å²) in [6.45, 7) is 7.13. The first-order valence-corrected chi connectivity index (χ1v) is 5.93. The first kappa shape index (κ1) is 13.5. The van der Waals surface area contributed by atoms with Crippen molar-refractivity contribution in [1.82, 2.24) is 5.32 Å². The number of nitrogens with one attached hydrogen (secondary N) is 1. The number of hydrogen-bond acceptors (Lipinski definition) is 2. The molecule has 0 fully saturated rings. The van der Waals surface area contributed by atoms with Gasteiger partial charge in [0.2, 0.25) is 0 Å². The maximum atomic E-state index is 8.92. The predicted octanol–water partition coefficient (Wildman–Crippen LogP) is 2.90. The lowest BCUT2D eigenvalue weighted by molar-refractivity contribution is 0.230. The lowest BCUT2D eigenvalue weighted by Gasteiger charge is -2.25. The Morgan fingerprint density at radius 1 is 1.38 bits per heavy atom. The van der Waals surface area contributed by atoms with Crippen LogP contribution in [0.5, 0.6) is 0 Å². The second-order valence-corrected chi connectivity index (χ2v) is 5.20. The highest BCUT2D eigenvalue weighted by Gasteiger charge is 2.15. The molecule has 0 bridgehead atoms. The van der Waals surface area contributed by atoms with Crippen LogP contribution in [-0.4, -0.2) is 17.3 Å². The average Bonchev–Trinajstić information content (AvgIpc) is 2.20. The Morgan fingerprint density at radius 2 is 2.06 bits per heavy atom. The molecule has 0 amide bonds. The molecule has 90 valence electrons. The van der Waals surface area contributed by atoms with Crippen molar-refractivity contribution >= 4 is 11.6 Å². The molecule has 0 heterocycles. The maximum absolute atomic E-state index is 8.92. The number of rotatable bonds is 5. The van der Waals surface area contributed by atoms with Crippen molar-refractivity contribution in [3.63, 3.8) is 0 Å². The van der Waals surface area contributed by atoms with Crippen LogP contribution in [0.25, 0.3) is 0 Å². The number of halogens is 1. The van der Waals surface area contributed by atoms with E-state index in [0.717, 1.165) is 23.6 Å². The van der Waals surface area contributed by atoms with E-state index in [1.807, 2.05) is 19.1 Å². The minimum Gasteiger partial charge on any atom is -0.396 e. The monoisotopic (exact) mass is 241 g/mol. The van der Waals surface area contributed by atoms with Gasteiger partial charge in [0.1, 0.15) is 0 Å². The first-order chi connectivity index (χ1) is 7.44. The van der Waals surface area contributed by atoms with Crippen LogP contribution in [0, 0.1) is 6.92 Å². The Labute approximate surface area is 103 Å². The van der Waals surface area contributed by atoms with Gasteiger partial charge in [0.15, 0.2) is 0 Å². The molecule has 0 aliphatic heterocycles. The third kappa shape index (κ3) is 4.12. The summed E-state index contributed by atoms with van der Waals surface area (Å²) in [5, 5.41) is 13.1. The third-order valence-electron chi connectivity index (χ3n) is 2.74. The summed E-state index contributed by atoms with van der Waals surface area (Å²) >= 11 is 6.06. The maximum Gasteiger partial charge on any atom is 0.0448 e. The molecule has 2 N–H and O–H groups in total. The van der Waals surface area contributed by atoms with E-state index < -0.39 is 0 Å². The molecule has 0 unspecified atom stereocenters. The summed E-state index contributed by atoms with van der Waals surface area (Å²) in [4.78, 5) is 0. The SMILES string of the molecule is Cc1ccc(CNC(C)(C)CCO)cc1Cl. The molecule has 1 aromatic carbocycles. The molecule has 16 heavy (non-hydrogen) atoms. The van der Waals surface area contributed by atoms with Crippen LogP contribution in [0.15, 0.2) is 18.2 Å². The zero-order chi connectivity index (χ0) is 12.2. The van der Waals surface area contributed by atoms with Crippen LogP contribution >= 0.6 is 11.6 Å². The minimum absolute atomic E-state index is 0.0495. The summed E-state index contributed by atoms with van der Waals surface area (Å²) in [6, 6.07) is 6.08. The number of hydrogen-bond donors (Lipinski definition) is 2. The van der Waals surface area contributed by atoms with E-state index in [-0.39, 0.29) is 12.1 Å². The molecule has 1 aromatic rings. The van der Waals surface area contributed by atoms with E-state index in [9.17, 15) is 0 Å². The topological polar surface area (TPSA) is 32.3 Å². The number of aryl methyl sites for hydroxylation is 1. The van der Waals surface area contributed by atoms with E-state index >= 15 is 0 Å². The van der Waals surface area contributed by atoms with E-state index in [2.05, 4.69) is 25.2 Å². The van der Waals surface area contributed by atoms with Crippen molar-refractivity contribution in [3.8, 4) is 0 Å². The van der Waals surface area contributed by atoms with E-state index in [0.29, 0.717) is 0 Å². The fourth-order valence-electron chi connectivity index (χ4n) is 1.46. The Bertz CT molecular complexity index is 350. The molecule has 3 heteroatoms. The second kappa shape index (κ2) is 5.67. The fourth-order valence-corrected chi connectivity index (χ4v) is 1.66. The Kier molecular flexibility index (Phi) is 4.78. The smallest absolute Gasteiger partial charge is 0.0448 e. The lowest BCUT2D eigenvalue weighted by Crippen LogP contribution is -2.39. The Morgan fingerprint density at radius 3 is 2.62 bits per heavy atom. The van der Waals surface area contributed by atoms with Crippen molar-refractivity contribution in [2.24, 2.45) is 0 Å². The molecule has 0 aromatic heterocycles. The highest BCUT2D eigenvalue weighted by atomic mass is 35.5. The molecule has 0 radical (unpaired) electrons.